The monoisotopic (exact) mass is 304 g/mol. The molecule has 114 valence electrons. The first-order chi connectivity index (χ1) is 10.2. The zero-order valence-electron chi connectivity index (χ0n) is 12.5. The molecule has 0 radical (unpaired) electrons. The van der Waals surface area contributed by atoms with Gasteiger partial charge in [-0.25, -0.2) is 0 Å². The number of carbonyl (C=O) groups is 1. The minimum atomic E-state index is -4.84. The van der Waals surface area contributed by atoms with Gasteiger partial charge < -0.3 is 0 Å². The van der Waals surface area contributed by atoms with E-state index in [4.69, 9.17) is 0 Å². The normalized spacial score (nSPS) is 16.4. The Morgan fingerprint density at radius 3 is 2.27 bits per heavy atom. The summed E-state index contributed by atoms with van der Waals surface area (Å²) < 4.78 is 39.2. The Hall–Kier alpha value is -2.10. The third-order valence-corrected chi connectivity index (χ3v) is 4.29. The molecule has 0 heterocycles. The van der Waals surface area contributed by atoms with Gasteiger partial charge in [-0.1, -0.05) is 35.9 Å². The minimum Gasteiger partial charge on any atom is -0.288 e. The lowest BCUT2D eigenvalue weighted by molar-refractivity contribution is -0.171. The fourth-order valence-corrected chi connectivity index (χ4v) is 3.29. The largest absolute Gasteiger partial charge is 0.450 e. The molecule has 4 heteroatoms. The molecule has 1 nitrogen and oxygen atoms in total. The molecule has 0 saturated heterocycles. The first-order valence-electron chi connectivity index (χ1n) is 7.04. The molecule has 0 N–H and O–H groups in total. The summed E-state index contributed by atoms with van der Waals surface area (Å²) in [7, 11) is 0. The van der Waals surface area contributed by atoms with E-state index in [9.17, 15) is 18.0 Å². The molecule has 2 aromatic carbocycles. The molecule has 1 atom stereocenters. The van der Waals surface area contributed by atoms with Crippen LogP contribution >= 0.6 is 0 Å². The Labute approximate surface area is 126 Å². The lowest BCUT2D eigenvalue weighted by Crippen LogP contribution is -2.29. The SMILES string of the molecule is Cc1ccc2c(c1)-c1c(C)ccc(C)c1C2C(=O)C(F)(F)F. The molecule has 1 unspecified atom stereocenters. The van der Waals surface area contributed by atoms with Crippen LogP contribution in [0.1, 0.15) is 33.7 Å². The highest BCUT2D eigenvalue weighted by molar-refractivity contribution is 6.01. The van der Waals surface area contributed by atoms with Crippen LogP contribution in [0.4, 0.5) is 13.2 Å². The van der Waals surface area contributed by atoms with Gasteiger partial charge in [-0.2, -0.15) is 13.2 Å². The second-order valence-corrected chi connectivity index (χ2v) is 5.87. The molecule has 0 amide bonds. The maximum absolute atomic E-state index is 13.1. The highest BCUT2D eigenvalue weighted by Crippen LogP contribution is 2.50. The standard InChI is InChI=1S/C18H15F3O/c1-9-4-7-12-13(8-9)14-10(2)5-6-11(3)15(14)16(12)17(22)18(19,20)21/h4-8,16H,1-3H3. The van der Waals surface area contributed by atoms with E-state index in [2.05, 4.69) is 0 Å². The molecule has 0 bridgehead atoms. The molecule has 3 rings (SSSR count). The van der Waals surface area contributed by atoms with E-state index < -0.39 is 17.9 Å². The summed E-state index contributed by atoms with van der Waals surface area (Å²) >= 11 is 0. The van der Waals surface area contributed by atoms with Crippen LogP contribution in [0.25, 0.3) is 11.1 Å². The van der Waals surface area contributed by atoms with Crippen molar-refractivity contribution in [3.05, 3.63) is 58.1 Å². The van der Waals surface area contributed by atoms with Crippen molar-refractivity contribution >= 4 is 5.78 Å². The average Bonchev–Trinajstić information content (AvgIpc) is 2.76. The molecular formula is C18H15F3O. The molecular weight excluding hydrogens is 289 g/mol. The van der Waals surface area contributed by atoms with Gasteiger partial charge in [0.25, 0.3) is 0 Å². The Kier molecular flexibility index (Phi) is 3.17. The van der Waals surface area contributed by atoms with Crippen LogP contribution < -0.4 is 0 Å². The van der Waals surface area contributed by atoms with E-state index >= 15 is 0 Å². The summed E-state index contributed by atoms with van der Waals surface area (Å²) in [6.45, 7) is 5.52. The summed E-state index contributed by atoms with van der Waals surface area (Å²) in [5.41, 5.74) is 5.07. The molecule has 0 fully saturated rings. The molecule has 1 aliphatic carbocycles. The van der Waals surface area contributed by atoms with Gasteiger partial charge in [0, 0.05) is 0 Å². The first kappa shape index (κ1) is 14.8. The van der Waals surface area contributed by atoms with Crippen LogP contribution in [0, 0.1) is 20.8 Å². The summed E-state index contributed by atoms with van der Waals surface area (Å²) in [5, 5.41) is 0. The Morgan fingerprint density at radius 1 is 1.00 bits per heavy atom. The number of halogens is 3. The van der Waals surface area contributed by atoms with Crippen LogP contribution in [0.3, 0.4) is 0 Å². The van der Waals surface area contributed by atoms with E-state index in [1.807, 2.05) is 26.0 Å². The summed E-state index contributed by atoms with van der Waals surface area (Å²) in [6.07, 6.45) is -4.84. The van der Waals surface area contributed by atoms with Crippen molar-refractivity contribution in [3.63, 3.8) is 0 Å². The molecule has 1 aliphatic rings. The third kappa shape index (κ3) is 2.05. The predicted octanol–water partition coefficient (Wildman–Crippen LogP) is 4.86. The summed E-state index contributed by atoms with van der Waals surface area (Å²) in [4.78, 5) is 12.0. The number of ketones is 1. The molecule has 0 saturated carbocycles. The molecule has 2 aromatic rings. The van der Waals surface area contributed by atoms with Crippen LogP contribution in [-0.4, -0.2) is 12.0 Å². The third-order valence-electron chi connectivity index (χ3n) is 4.29. The Balaban J connectivity index is 2.36. The van der Waals surface area contributed by atoms with Crippen molar-refractivity contribution in [2.75, 3.05) is 0 Å². The quantitative estimate of drug-likeness (QED) is 0.735. The molecule has 0 aromatic heterocycles. The lowest BCUT2D eigenvalue weighted by Gasteiger charge is -2.16. The van der Waals surface area contributed by atoms with Crippen LogP contribution in [-0.2, 0) is 4.79 Å². The van der Waals surface area contributed by atoms with Gasteiger partial charge in [0.1, 0.15) is 0 Å². The van der Waals surface area contributed by atoms with Gasteiger partial charge in [-0.3, -0.25) is 4.79 Å². The number of rotatable bonds is 1. The van der Waals surface area contributed by atoms with E-state index in [0.717, 1.165) is 27.8 Å². The number of hydrogen-bond acceptors (Lipinski definition) is 1. The number of Topliss-reactive ketones (excluding diaryl/α,β-unsaturated/α-hetero) is 1. The Morgan fingerprint density at radius 2 is 1.64 bits per heavy atom. The zero-order valence-corrected chi connectivity index (χ0v) is 12.5. The second-order valence-electron chi connectivity index (χ2n) is 5.87. The van der Waals surface area contributed by atoms with Crippen molar-refractivity contribution < 1.29 is 18.0 Å². The maximum atomic E-state index is 13.1. The topological polar surface area (TPSA) is 17.1 Å². The van der Waals surface area contributed by atoms with E-state index in [0.29, 0.717) is 11.1 Å². The molecule has 0 spiro atoms. The summed E-state index contributed by atoms with van der Waals surface area (Å²) in [5.74, 6) is -2.93. The van der Waals surface area contributed by atoms with Gasteiger partial charge in [0.05, 0.1) is 5.92 Å². The molecule has 0 aliphatic heterocycles. The molecule has 22 heavy (non-hydrogen) atoms. The van der Waals surface area contributed by atoms with Crippen LogP contribution in [0.15, 0.2) is 30.3 Å². The van der Waals surface area contributed by atoms with Crippen molar-refractivity contribution in [1.82, 2.24) is 0 Å². The van der Waals surface area contributed by atoms with Crippen LogP contribution in [0.5, 0.6) is 0 Å². The number of alkyl halides is 3. The fourth-order valence-electron chi connectivity index (χ4n) is 3.29. The van der Waals surface area contributed by atoms with Gasteiger partial charge in [0.2, 0.25) is 5.78 Å². The van der Waals surface area contributed by atoms with Crippen molar-refractivity contribution in [3.8, 4) is 11.1 Å². The van der Waals surface area contributed by atoms with Crippen molar-refractivity contribution in [2.45, 2.75) is 32.9 Å². The highest BCUT2D eigenvalue weighted by Gasteiger charge is 2.48. The van der Waals surface area contributed by atoms with Crippen molar-refractivity contribution in [1.29, 1.82) is 0 Å². The number of fused-ring (bicyclic) bond motifs is 3. The predicted molar refractivity (Wildman–Crippen MR) is 79.0 cm³/mol. The number of benzene rings is 2. The van der Waals surface area contributed by atoms with E-state index in [1.54, 1.807) is 25.1 Å². The summed E-state index contributed by atoms with van der Waals surface area (Å²) in [6, 6.07) is 8.94. The fraction of sp³-hybridized carbons (Fsp3) is 0.278. The highest BCUT2D eigenvalue weighted by atomic mass is 19.4. The lowest BCUT2D eigenvalue weighted by atomic mass is 9.88. The number of carbonyl (C=O) groups excluding carboxylic acids is 1. The van der Waals surface area contributed by atoms with Gasteiger partial charge >= 0.3 is 6.18 Å². The zero-order chi connectivity index (χ0) is 16.2. The minimum absolute atomic E-state index is 0.459. The average molecular weight is 304 g/mol. The second kappa shape index (κ2) is 4.70. The van der Waals surface area contributed by atoms with Crippen molar-refractivity contribution in [2.24, 2.45) is 0 Å². The van der Waals surface area contributed by atoms with Gasteiger partial charge in [0.15, 0.2) is 0 Å². The Bertz CT molecular complexity index is 788. The number of aryl methyl sites for hydroxylation is 3. The number of hydrogen-bond donors (Lipinski definition) is 0. The smallest absolute Gasteiger partial charge is 0.288 e. The van der Waals surface area contributed by atoms with Crippen LogP contribution in [0.2, 0.25) is 0 Å². The van der Waals surface area contributed by atoms with E-state index in [1.165, 1.54) is 0 Å². The maximum Gasteiger partial charge on any atom is 0.450 e. The van der Waals surface area contributed by atoms with E-state index in [-0.39, 0.29) is 0 Å². The van der Waals surface area contributed by atoms with Gasteiger partial charge in [-0.05, 0) is 54.2 Å². The van der Waals surface area contributed by atoms with Gasteiger partial charge in [-0.15, -0.1) is 0 Å². The first-order valence-corrected chi connectivity index (χ1v) is 7.04.